The molecule has 2 heterocycles. The first-order valence-corrected chi connectivity index (χ1v) is 9.54. The maximum absolute atomic E-state index is 2.42. The first-order valence-electron chi connectivity index (χ1n) is 9.54. The van der Waals surface area contributed by atoms with Gasteiger partial charge in [-0.15, -0.1) is 4.68 Å². The van der Waals surface area contributed by atoms with Crippen LogP contribution in [0.1, 0.15) is 50.7 Å². The predicted molar refractivity (Wildman–Crippen MR) is 110 cm³/mol. The number of anilines is 1. The van der Waals surface area contributed by atoms with E-state index in [4.69, 9.17) is 0 Å². The van der Waals surface area contributed by atoms with Gasteiger partial charge in [-0.2, -0.15) is 4.59 Å². The third kappa shape index (κ3) is 2.47. The van der Waals surface area contributed by atoms with E-state index in [1.54, 1.807) is 0 Å². The normalized spacial score (nSPS) is 13.3. The number of aromatic nitrogens is 2. The molecule has 2 aromatic carbocycles. The number of benzene rings is 2. The first-order chi connectivity index (χ1) is 12.5. The quantitative estimate of drug-likeness (QED) is 0.660. The van der Waals surface area contributed by atoms with Crippen LogP contribution in [0.2, 0.25) is 0 Å². The van der Waals surface area contributed by atoms with E-state index in [-0.39, 0.29) is 6.98 Å². The van der Waals surface area contributed by atoms with Crippen molar-refractivity contribution in [3.05, 3.63) is 72.1 Å². The van der Waals surface area contributed by atoms with Gasteiger partial charge >= 0.3 is 6.98 Å². The van der Waals surface area contributed by atoms with Crippen LogP contribution < -0.4 is 14.9 Å². The van der Waals surface area contributed by atoms with Crippen LogP contribution in [0.25, 0.3) is 5.69 Å². The second-order valence-corrected chi connectivity index (χ2v) is 7.85. The van der Waals surface area contributed by atoms with Gasteiger partial charge in [0.2, 0.25) is 0 Å². The highest BCUT2D eigenvalue weighted by atomic mass is 15.4. The molecular formula is C22H27BN3+. The summed E-state index contributed by atoms with van der Waals surface area (Å²) in [5.41, 5.74) is 6.81. The number of nitrogens with zero attached hydrogens (tertiary/aromatic N) is 3. The van der Waals surface area contributed by atoms with Crippen molar-refractivity contribution >= 4 is 18.1 Å². The standard InChI is InChI=1S/C22H27BN3/c1-16(2)18-10-8-11-19(17(3)4)22(18)23-24(5)20-12-6-7-13-21(20)25-14-9-15-26(23)25/h6-17H,1-5H3/q+1. The number of fused-ring (bicyclic) bond motifs is 3. The van der Waals surface area contributed by atoms with Crippen LogP contribution in [-0.4, -0.2) is 18.7 Å². The minimum absolute atomic E-state index is 0.149. The SMILES string of the molecule is CC(C)c1cccc(C(C)C)c1B1N(C)c2ccccc2-n2ccc[n+]21. The molecule has 3 aromatic rings. The number of hydrogen-bond donors (Lipinski definition) is 0. The molecule has 0 aliphatic carbocycles. The van der Waals surface area contributed by atoms with Gasteiger partial charge in [0.1, 0.15) is 5.69 Å². The molecule has 4 rings (SSSR count). The van der Waals surface area contributed by atoms with Gasteiger partial charge in [-0.1, -0.05) is 58.0 Å². The number of rotatable bonds is 3. The van der Waals surface area contributed by atoms with Gasteiger partial charge in [0.25, 0.3) is 0 Å². The van der Waals surface area contributed by atoms with Gasteiger partial charge in [0, 0.05) is 18.6 Å². The molecule has 132 valence electrons. The molecule has 26 heavy (non-hydrogen) atoms. The van der Waals surface area contributed by atoms with E-state index >= 15 is 0 Å². The smallest absolute Gasteiger partial charge is 0.346 e. The summed E-state index contributed by atoms with van der Waals surface area (Å²) in [6.45, 7) is 9.33. The summed E-state index contributed by atoms with van der Waals surface area (Å²) >= 11 is 0. The van der Waals surface area contributed by atoms with E-state index in [2.05, 4.69) is 110 Å². The zero-order valence-corrected chi connectivity index (χ0v) is 16.3. The summed E-state index contributed by atoms with van der Waals surface area (Å²) in [6.07, 6.45) is 4.35. The van der Waals surface area contributed by atoms with Crippen LogP contribution in [0.5, 0.6) is 0 Å². The van der Waals surface area contributed by atoms with Gasteiger partial charge < -0.3 is 4.81 Å². The fourth-order valence-corrected chi connectivity index (χ4v) is 4.26. The molecule has 0 spiro atoms. The van der Waals surface area contributed by atoms with E-state index in [9.17, 15) is 0 Å². The highest BCUT2D eigenvalue weighted by molar-refractivity contribution is 6.70. The monoisotopic (exact) mass is 344 g/mol. The molecule has 1 aromatic heterocycles. The Labute approximate surface area is 157 Å². The van der Waals surface area contributed by atoms with E-state index in [1.807, 2.05) is 0 Å². The number of hydrogen-bond acceptors (Lipinski definition) is 1. The van der Waals surface area contributed by atoms with Crippen LogP contribution >= 0.6 is 0 Å². The van der Waals surface area contributed by atoms with Crippen molar-refractivity contribution in [3.63, 3.8) is 0 Å². The fraction of sp³-hybridized carbons (Fsp3) is 0.318. The average molecular weight is 344 g/mol. The van der Waals surface area contributed by atoms with E-state index in [0.29, 0.717) is 11.8 Å². The molecule has 0 N–H and O–H groups in total. The lowest BCUT2D eigenvalue weighted by atomic mass is 9.59. The Balaban J connectivity index is 2.01. The highest BCUT2D eigenvalue weighted by Crippen LogP contribution is 2.28. The number of para-hydroxylation sites is 2. The van der Waals surface area contributed by atoms with Crippen LogP contribution in [0.3, 0.4) is 0 Å². The zero-order chi connectivity index (χ0) is 18.4. The van der Waals surface area contributed by atoms with Crippen molar-refractivity contribution in [2.24, 2.45) is 0 Å². The second-order valence-electron chi connectivity index (χ2n) is 7.85. The molecule has 0 unspecified atom stereocenters. The summed E-state index contributed by atoms with van der Waals surface area (Å²) in [5.74, 6) is 0.969. The highest BCUT2D eigenvalue weighted by Gasteiger charge is 2.48. The van der Waals surface area contributed by atoms with Gasteiger partial charge in [-0.25, -0.2) is 0 Å². The minimum Gasteiger partial charge on any atom is -0.346 e. The molecular weight excluding hydrogens is 317 g/mol. The lowest BCUT2D eigenvalue weighted by Crippen LogP contribution is -2.74. The molecule has 1 aliphatic heterocycles. The Kier molecular flexibility index (Phi) is 4.14. The molecule has 0 radical (unpaired) electrons. The summed E-state index contributed by atoms with van der Waals surface area (Å²) in [4.78, 5) is 2.42. The van der Waals surface area contributed by atoms with Crippen molar-refractivity contribution in [3.8, 4) is 5.69 Å². The Bertz CT molecular complexity index is 916. The third-order valence-electron chi connectivity index (χ3n) is 5.52. The topological polar surface area (TPSA) is 12.1 Å². The van der Waals surface area contributed by atoms with Crippen molar-refractivity contribution < 1.29 is 4.59 Å². The van der Waals surface area contributed by atoms with Crippen molar-refractivity contribution in [1.29, 1.82) is 0 Å². The first kappa shape index (κ1) is 17.0. The van der Waals surface area contributed by atoms with Crippen LogP contribution in [0.4, 0.5) is 5.69 Å². The van der Waals surface area contributed by atoms with Gasteiger partial charge in [-0.05, 0) is 35.1 Å². The Morgan fingerprint density at radius 3 is 2.04 bits per heavy atom. The summed E-state index contributed by atoms with van der Waals surface area (Å²) in [7, 11) is 2.22. The molecule has 0 saturated carbocycles. The zero-order valence-electron chi connectivity index (χ0n) is 16.3. The molecule has 0 amide bonds. The molecule has 0 saturated heterocycles. The average Bonchev–Trinajstić information content (AvgIpc) is 3.11. The second kappa shape index (κ2) is 6.35. The molecule has 0 bridgehead atoms. The Morgan fingerprint density at radius 2 is 1.42 bits per heavy atom. The molecule has 3 nitrogen and oxygen atoms in total. The summed E-state index contributed by atoms with van der Waals surface area (Å²) in [6, 6.07) is 17.6. The van der Waals surface area contributed by atoms with Gasteiger partial charge in [0.15, 0.2) is 6.20 Å². The lowest BCUT2D eigenvalue weighted by Gasteiger charge is -2.31. The van der Waals surface area contributed by atoms with E-state index in [0.717, 1.165) is 0 Å². The fourth-order valence-electron chi connectivity index (χ4n) is 4.26. The van der Waals surface area contributed by atoms with Gasteiger partial charge in [-0.3, -0.25) is 0 Å². The minimum atomic E-state index is 0.149. The van der Waals surface area contributed by atoms with E-state index in [1.165, 1.54) is 28.0 Å². The van der Waals surface area contributed by atoms with Crippen molar-refractivity contribution in [1.82, 2.24) is 4.68 Å². The summed E-state index contributed by atoms with van der Waals surface area (Å²) < 4.78 is 4.64. The summed E-state index contributed by atoms with van der Waals surface area (Å²) in [5, 5.41) is 0. The Hall–Kier alpha value is -2.49. The lowest BCUT2D eigenvalue weighted by molar-refractivity contribution is -0.621. The molecule has 4 heteroatoms. The molecule has 0 atom stereocenters. The molecule has 0 fully saturated rings. The van der Waals surface area contributed by atoms with Crippen LogP contribution in [0, 0.1) is 0 Å². The van der Waals surface area contributed by atoms with Crippen LogP contribution in [0.15, 0.2) is 60.9 Å². The Morgan fingerprint density at radius 1 is 0.808 bits per heavy atom. The van der Waals surface area contributed by atoms with Crippen molar-refractivity contribution in [2.45, 2.75) is 39.5 Å². The maximum Gasteiger partial charge on any atom is 0.677 e. The van der Waals surface area contributed by atoms with Crippen molar-refractivity contribution in [2.75, 3.05) is 11.9 Å². The maximum atomic E-state index is 2.42. The van der Waals surface area contributed by atoms with Crippen LogP contribution in [-0.2, 0) is 0 Å². The third-order valence-corrected chi connectivity index (χ3v) is 5.52. The van der Waals surface area contributed by atoms with Gasteiger partial charge in [0.05, 0.1) is 11.9 Å². The largest absolute Gasteiger partial charge is 0.677 e. The predicted octanol–water partition coefficient (Wildman–Crippen LogP) is 3.70. The van der Waals surface area contributed by atoms with E-state index < -0.39 is 0 Å². The molecule has 1 aliphatic rings.